The highest BCUT2D eigenvalue weighted by atomic mass is 35.7. The molecule has 0 heterocycles. The molecule has 1 N–H and O–H groups in total. The lowest BCUT2D eigenvalue weighted by molar-refractivity contribution is -0.119. The maximum atomic E-state index is 11.8. The highest BCUT2D eigenvalue weighted by molar-refractivity contribution is 8.13. The quantitative estimate of drug-likeness (QED) is 0.841. The summed E-state index contributed by atoms with van der Waals surface area (Å²) in [4.78, 5) is 11.6. The van der Waals surface area contributed by atoms with Crippen LogP contribution in [0.2, 0.25) is 5.02 Å². The van der Waals surface area contributed by atoms with Crippen molar-refractivity contribution >= 4 is 42.9 Å². The summed E-state index contributed by atoms with van der Waals surface area (Å²) in [5.74, 6) is -0.236. The van der Waals surface area contributed by atoms with E-state index in [9.17, 15) is 13.2 Å². The lowest BCUT2D eigenvalue weighted by atomic mass is 10.1. The molecule has 7 heteroatoms. The fraction of sp³-hybridized carbons (Fsp3) is 0.417. The first-order chi connectivity index (χ1) is 8.75. The van der Waals surface area contributed by atoms with Crippen LogP contribution in [-0.4, -0.2) is 14.3 Å². The molecule has 0 saturated heterocycles. The van der Waals surface area contributed by atoms with Crippen LogP contribution in [0.5, 0.6) is 0 Å². The molecule has 0 aromatic heterocycles. The average Bonchev–Trinajstić information content (AvgIpc) is 2.27. The Morgan fingerprint density at radius 3 is 2.53 bits per heavy atom. The Morgan fingerprint density at radius 2 is 2.05 bits per heavy atom. The van der Waals surface area contributed by atoms with Gasteiger partial charge in [0.2, 0.25) is 5.91 Å². The van der Waals surface area contributed by atoms with Gasteiger partial charge in [0.1, 0.15) is 4.90 Å². The van der Waals surface area contributed by atoms with E-state index in [-0.39, 0.29) is 21.7 Å². The van der Waals surface area contributed by atoms with E-state index in [1.54, 1.807) is 0 Å². The first kappa shape index (κ1) is 16.3. The normalized spacial score (nSPS) is 13.1. The van der Waals surface area contributed by atoms with E-state index < -0.39 is 9.05 Å². The lowest BCUT2D eigenvalue weighted by Crippen LogP contribution is -2.20. The Kier molecular flexibility index (Phi) is 5.64. The van der Waals surface area contributed by atoms with Gasteiger partial charge in [-0.2, -0.15) is 0 Å². The van der Waals surface area contributed by atoms with Crippen molar-refractivity contribution in [3.63, 3.8) is 0 Å². The summed E-state index contributed by atoms with van der Waals surface area (Å²) < 4.78 is 22.3. The summed E-state index contributed by atoms with van der Waals surface area (Å²) in [6.07, 6.45) is 1.70. The Labute approximate surface area is 122 Å². The molecule has 0 spiro atoms. The van der Waals surface area contributed by atoms with E-state index in [2.05, 4.69) is 5.32 Å². The van der Waals surface area contributed by atoms with Crippen molar-refractivity contribution in [2.45, 2.75) is 31.6 Å². The van der Waals surface area contributed by atoms with Gasteiger partial charge >= 0.3 is 0 Å². The number of halogens is 2. The molecule has 1 rings (SSSR count). The minimum absolute atomic E-state index is 0.0176. The molecule has 19 heavy (non-hydrogen) atoms. The summed E-state index contributed by atoms with van der Waals surface area (Å²) in [5, 5.41) is 2.67. The second-order valence-corrected chi connectivity index (χ2v) is 7.20. The number of anilines is 1. The summed E-state index contributed by atoms with van der Waals surface area (Å²) in [7, 11) is 1.34. The summed E-state index contributed by atoms with van der Waals surface area (Å²) >= 11 is 5.82. The molecule has 0 aliphatic rings. The van der Waals surface area contributed by atoms with Crippen molar-refractivity contribution in [1.82, 2.24) is 0 Å². The van der Waals surface area contributed by atoms with Gasteiger partial charge in [-0.15, -0.1) is 0 Å². The van der Waals surface area contributed by atoms with Gasteiger partial charge in [0.05, 0.1) is 5.02 Å². The minimum Gasteiger partial charge on any atom is -0.326 e. The van der Waals surface area contributed by atoms with Gasteiger partial charge in [0, 0.05) is 22.3 Å². The number of carbonyl (C=O) groups is 1. The van der Waals surface area contributed by atoms with Crippen molar-refractivity contribution in [1.29, 1.82) is 0 Å². The third kappa shape index (κ3) is 4.67. The molecule has 0 fully saturated rings. The van der Waals surface area contributed by atoms with Crippen LogP contribution >= 0.6 is 22.3 Å². The maximum absolute atomic E-state index is 11.8. The topological polar surface area (TPSA) is 63.2 Å². The van der Waals surface area contributed by atoms with E-state index in [0.717, 1.165) is 12.8 Å². The Balaban J connectivity index is 2.88. The lowest BCUT2D eigenvalue weighted by Gasteiger charge is -2.11. The molecule has 0 bridgehead atoms. The zero-order chi connectivity index (χ0) is 14.6. The van der Waals surface area contributed by atoms with Crippen molar-refractivity contribution < 1.29 is 13.2 Å². The van der Waals surface area contributed by atoms with Gasteiger partial charge in [-0.25, -0.2) is 8.42 Å². The van der Waals surface area contributed by atoms with Gasteiger partial charge in [-0.1, -0.05) is 31.9 Å². The number of nitrogens with one attached hydrogen (secondary N) is 1. The molecule has 0 radical (unpaired) electrons. The number of hydrogen-bond donors (Lipinski definition) is 1. The van der Waals surface area contributed by atoms with Gasteiger partial charge < -0.3 is 5.32 Å². The van der Waals surface area contributed by atoms with Gasteiger partial charge in [0.15, 0.2) is 0 Å². The predicted octanol–water partition coefficient (Wildman–Crippen LogP) is 3.64. The molecule has 1 aromatic rings. The standard InChI is InChI=1S/C12H15Cl2NO3S/c1-3-4-8(2)12(16)15-9-5-6-11(10(13)7-9)19(14,17)18/h5-8H,3-4H2,1-2H3,(H,15,16). The van der Waals surface area contributed by atoms with E-state index in [0.29, 0.717) is 5.69 Å². The Bertz CT molecular complexity index is 572. The van der Waals surface area contributed by atoms with Gasteiger partial charge in [-0.3, -0.25) is 4.79 Å². The fourth-order valence-electron chi connectivity index (χ4n) is 1.61. The molecule has 0 saturated carbocycles. The smallest absolute Gasteiger partial charge is 0.262 e. The summed E-state index contributed by atoms with van der Waals surface area (Å²) in [5.41, 5.74) is 0.446. The third-order valence-electron chi connectivity index (χ3n) is 2.63. The third-order valence-corrected chi connectivity index (χ3v) is 4.44. The largest absolute Gasteiger partial charge is 0.326 e. The highest BCUT2D eigenvalue weighted by Gasteiger charge is 2.16. The van der Waals surface area contributed by atoms with Crippen molar-refractivity contribution in [3.8, 4) is 0 Å². The SMILES string of the molecule is CCCC(C)C(=O)Nc1ccc(S(=O)(=O)Cl)c(Cl)c1. The summed E-state index contributed by atoms with van der Waals surface area (Å²) in [6.45, 7) is 3.83. The maximum Gasteiger partial charge on any atom is 0.262 e. The van der Waals surface area contributed by atoms with Crippen LogP contribution < -0.4 is 5.32 Å². The Morgan fingerprint density at radius 1 is 1.42 bits per heavy atom. The van der Waals surface area contributed by atoms with Crippen molar-refractivity contribution in [3.05, 3.63) is 23.2 Å². The number of carbonyl (C=O) groups excluding carboxylic acids is 1. The monoisotopic (exact) mass is 323 g/mol. The molecule has 4 nitrogen and oxygen atoms in total. The van der Waals surface area contributed by atoms with Crippen molar-refractivity contribution in [2.75, 3.05) is 5.32 Å². The van der Waals surface area contributed by atoms with E-state index in [1.165, 1.54) is 18.2 Å². The van der Waals surface area contributed by atoms with E-state index >= 15 is 0 Å². The van der Waals surface area contributed by atoms with E-state index in [1.807, 2.05) is 13.8 Å². The molecule has 106 valence electrons. The van der Waals surface area contributed by atoms with Gasteiger partial charge in [-0.05, 0) is 24.6 Å². The molecular weight excluding hydrogens is 309 g/mol. The van der Waals surface area contributed by atoms with Crippen LogP contribution in [0.4, 0.5) is 5.69 Å². The zero-order valence-electron chi connectivity index (χ0n) is 10.6. The average molecular weight is 324 g/mol. The number of benzene rings is 1. The number of hydrogen-bond acceptors (Lipinski definition) is 3. The van der Waals surface area contributed by atoms with Crippen LogP contribution in [0.1, 0.15) is 26.7 Å². The number of rotatable bonds is 5. The molecule has 1 atom stereocenters. The molecule has 1 unspecified atom stereocenters. The van der Waals surface area contributed by atoms with E-state index in [4.69, 9.17) is 22.3 Å². The van der Waals surface area contributed by atoms with Crippen LogP contribution in [-0.2, 0) is 13.8 Å². The first-order valence-corrected chi connectivity index (χ1v) is 8.49. The molecule has 0 aliphatic carbocycles. The molecule has 0 aliphatic heterocycles. The first-order valence-electron chi connectivity index (χ1n) is 5.80. The molecular formula is C12H15Cl2NO3S. The van der Waals surface area contributed by atoms with Gasteiger partial charge in [0.25, 0.3) is 9.05 Å². The second kappa shape index (κ2) is 6.59. The minimum atomic E-state index is -3.88. The number of amides is 1. The van der Waals surface area contributed by atoms with Crippen LogP contribution in [0.25, 0.3) is 0 Å². The Hall–Kier alpha value is -0.780. The van der Waals surface area contributed by atoms with Crippen LogP contribution in [0, 0.1) is 5.92 Å². The highest BCUT2D eigenvalue weighted by Crippen LogP contribution is 2.27. The fourth-order valence-corrected chi connectivity index (χ4v) is 3.14. The van der Waals surface area contributed by atoms with Crippen LogP contribution in [0.3, 0.4) is 0 Å². The summed E-state index contributed by atoms with van der Waals surface area (Å²) in [6, 6.07) is 4.09. The molecule has 1 amide bonds. The molecule has 1 aromatic carbocycles. The van der Waals surface area contributed by atoms with Crippen LogP contribution in [0.15, 0.2) is 23.1 Å². The predicted molar refractivity (Wildman–Crippen MR) is 77.2 cm³/mol. The zero-order valence-corrected chi connectivity index (χ0v) is 12.9. The second-order valence-electron chi connectivity index (χ2n) is 4.26. The van der Waals surface area contributed by atoms with Crippen molar-refractivity contribution in [2.24, 2.45) is 5.92 Å².